The van der Waals surface area contributed by atoms with Gasteiger partial charge in [-0.1, -0.05) is 106 Å². The molecular formula is C42H44Cl2P2Pt+2. The maximum absolute atomic E-state index is 4.88. The molecule has 0 spiro atoms. The van der Waals surface area contributed by atoms with Crippen LogP contribution >= 0.6 is 34.7 Å². The second kappa shape index (κ2) is 18.8. The first-order valence-corrected chi connectivity index (χ1v) is 24.3. The van der Waals surface area contributed by atoms with Crippen molar-refractivity contribution < 1.29 is 16.5 Å². The molecule has 0 heterocycles. The first-order chi connectivity index (χ1) is 22.7. The molecule has 0 radical (unpaired) electrons. The second-order valence-electron chi connectivity index (χ2n) is 12.0. The van der Waals surface area contributed by atoms with Gasteiger partial charge in [0, 0.05) is 0 Å². The molecule has 0 aromatic heterocycles. The summed E-state index contributed by atoms with van der Waals surface area (Å²) in [6.07, 6.45) is 0. The SMILES string of the molecule is Cc1ccc([PH+](c2ccc(C)cc2)c2ccc(C)cc2)cc1.Cc1ccc([PH+](c2ccc(C)cc2)c2ccc(C)cc2)cc1.[Cl][Pt][Cl]. The maximum atomic E-state index is 4.88. The molecule has 47 heavy (non-hydrogen) atoms. The molecule has 0 aliphatic rings. The van der Waals surface area contributed by atoms with Gasteiger partial charge in [-0.25, -0.2) is 0 Å². The molecule has 0 bridgehead atoms. The molecule has 6 rings (SSSR count). The van der Waals surface area contributed by atoms with E-state index in [1.807, 2.05) is 0 Å². The van der Waals surface area contributed by atoms with Gasteiger partial charge >= 0.3 is 35.3 Å². The van der Waals surface area contributed by atoms with Crippen molar-refractivity contribution in [2.45, 2.75) is 41.5 Å². The first kappa shape index (κ1) is 37.3. The van der Waals surface area contributed by atoms with E-state index >= 15 is 0 Å². The summed E-state index contributed by atoms with van der Waals surface area (Å²) in [6, 6.07) is 54.2. The first-order valence-electron chi connectivity index (χ1n) is 15.7. The number of hydrogen-bond donors (Lipinski definition) is 0. The van der Waals surface area contributed by atoms with Crippen LogP contribution in [-0.2, 0) is 16.5 Å². The summed E-state index contributed by atoms with van der Waals surface area (Å²) in [4.78, 5) is 0. The fraction of sp³-hybridized carbons (Fsp3) is 0.143. The number of aryl methyl sites for hydroxylation is 6. The molecule has 0 N–H and O–H groups in total. The average Bonchev–Trinajstić information content (AvgIpc) is 3.07. The van der Waals surface area contributed by atoms with E-state index < -0.39 is 32.3 Å². The Kier molecular flexibility index (Phi) is 14.9. The molecule has 0 aliphatic heterocycles. The van der Waals surface area contributed by atoms with Gasteiger partial charge in [0.2, 0.25) is 0 Å². The van der Waals surface area contributed by atoms with Crippen molar-refractivity contribution >= 4 is 66.5 Å². The predicted molar refractivity (Wildman–Crippen MR) is 213 cm³/mol. The van der Waals surface area contributed by atoms with Crippen molar-refractivity contribution in [1.29, 1.82) is 0 Å². The molecule has 6 aromatic rings. The number of rotatable bonds is 6. The Hall–Kier alpha value is -2.55. The van der Waals surface area contributed by atoms with Crippen LogP contribution in [0.4, 0.5) is 0 Å². The summed E-state index contributed by atoms with van der Waals surface area (Å²) < 4.78 is 0. The van der Waals surface area contributed by atoms with E-state index in [4.69, 9.17) is 18.8 Å². The van der Waals surface area contributed by atoms with Crippen molar-refractivity contribution in [3.05, 3.63) is 179 Å². The molecule has 0 fully saturated rings. The van der Waals surface area contributed by atoms with Gasteiger partial charge in [-0.3, -0.25) is 0 Å². The Bertz CT molecular complexity index is 1430. The Balaban J connectivity index is 0.000000197. The van der Waals surface area contributed by atoms with Gasteiger partial charge < -0.3 is 0 Å². The molecule has 0 aliphatic carbocycles. The van der Waals surface area contributed by atoms with Crippen LogP contribution in [0.3, 0.4) is 0 Å². The molecule has 6 aromatic carbocycles. The molecule has 0 amide bonds. The third-order valence-electron chi connectivity index (χ3n) is 8.04. The standard InChI is InChI=1S/2C21H21P.2ClH.Pt/c2*1-16-4-10-19(11-5-16)22(20-12-6-17(2)7-13-20)21-14-8-18(3)9-15-21;;;/h2*4-15H,1-3H3;2*1H;/q;;;;+2. The fourth-order valence-electron chi connectivity index (χ4n) is 5.32. The number of hydrogen-bond acceptors (Lipinski definition) is 0. The third-order valence-corrected chi connectivity index (χ3v) is 13.5. The van der Waals surface area contributed by atoms with Crippen LogP contribution in [0.1, 0.15) is 33.4 Å². The summed E-state index contributed by atoms with van der Waals surface area (Å²) in [7, 11) is 7.90. The van der Waals surface area contributed by atoms with Gasteiger partial charge in [0.25, 0.3) is 0 Å². The fourth-order valence-corrected chi connectivity index (χ4v) is 10.3. The minimum atomic E-state index is -0.927. The van der Waals surface area contributed by atoms with Crippen LogP contribution in [0.25, 0.3) is 0 Å². The van der Waals surface area contributed by atoms with E-state index in [2.05, 4.69) is 187 Å². The van der Waals surface area contributed by atoms with E-state index in [9.17, 15) is 0 Å². The quantitative estimate of drug-likeness (QED) is 0.146. The average molecular weight is 877 g/mol. The Morgan fingerprint density at radius 1 is 0.277 bits per heavy atom. The summed E-state index contributed by atoms with van der Waals surface area (Å²) in [5.41, 5.74) is 7.91. The van der Waals surface area contributed by atoms with Crippen LogP contribution in [0.15, 0.2) is 146 Å². The third kappa shape index (κ3) is 11.3. The Morgan fingerprint density at radius 2 is 0.383 bits per heavy atom. The van der Waals surface area contributed by atoms with Gasteiger partial charge in [0.15, 0.2) is 0 Å². The van der Waals surface area contributed by atoms with Crippen LogP contribution in [0.5, 0.6) is 0 Å². The predicted octanol–water partition coefficient (Wildman–Crippen LogP) is 9.58. The van der Waals surface area contributed by atoms with Gasteiger partial charge in [0.05, 0.1) is 15.8 Å². The van der Waals surface area contributed by atoms with E-state index in [0.29, 0.717) is 0 Å². The zero-order valence-electron chi connectivity index (χ0n) is 27.9. The normalized spacial score (nSPS) is 10.7. The van der Waals surface area contributed by atoms with Crippen molar-refractivity contribution in [1.82, 2.24) is 0 Å². The van der Waals surface area contributed by atoms with Gasteiger partial charge in [-0.05, 0) is 114 Å². The van der Waals surface area contributed by atoms with Gasteiger partial charge in [-0.15, -0.1) is 0 Å². The van der Waals surface area contributed by atoms with Crippen LogP contribution in [0.2, 0.25) is 0 Å². The van der Waals surface area contributed by atoms with Crippen molar-refractivity contribution in [3.63, 3.8) is 0 Å². The zero-order chi connectivity index (χ0) is 33.8. The monoisotopic (exact) mass is 875 g/mol. The number of benzene rings is 6. The van der Waals surface area contributed by atoms with Gasteiger partial charge in [0.1, 0.15) is 31.8 Å². The van der Waals surface area contributed by atoms with Crippen molar-refractivity contribution in [2.24, 2.45) is 0 Å². The summed E-state index contributed by atoms with van der Waals surface area (Å²) in [5.74, 6) is 0. The Morgan fingerprint density at radius 3 is 0.489 bits per heavy atom. The molecule has 0 nitrogen and oxygen atoms in total. The van der Waals surface area contributed by atoms with Crippen LogP contribution < -0.4 is 31.8 Å². The summed E-state index contributed by atoms with van der Waals surface area (Å²) in [6.45, 7) is 12.9. The van der Waals surface area contributed by atoms with Crippen molar-refractivity contribution in [3.8, 4) is 0 Å². The molecule has 5 heteroatoms. The molecule has 0 atom stereocenters. The zero-order valence-corrected chi connectivity index (χ0v) is 33.7. The van der Waals surface area contributed by atoms with E-state index in [-0.39, 0.29) is 0 Å². The molecule has 0 unspecified atom stereocenters. The van der Waals surface area contributed by atoms with Gasteiger partial charge in [-0.2, -0.15) is 0 Å². The number of halogens is 2. The molecule has 244 valence electrons. The van der Waals surface area contributed by atoms with Crippen LogP contribution in [0, 0.1) is 41.5 Å². The molecule has 0 saturated carbocycles. The molecule has 0 saturated heterocycles. The topological polar surface area (TPSA) is 0 Å². The van der Waals surface area contributed by atoms with E-state index in [1.54, 1.807) is 0 Å². The van der Waals surface area contributed by atoms with Crippen molar-refractivity contribution in [2.75, 3.05) is 0 Å². The minimum absolute atomic E-state index is 0.472. The summed E-state index contributed by atoms with van der Waals surface area (Å²) >= 11 is -0.472. The molecular weight excluding hydrogens is 832 g/mol. The Labute approximate surface area is 301 Å². The summed E-state index contributed by atoms with van der Waals surface area (Å²) in [5, 5.41) is 8.69. The van der Waals surface area contributed by atoms with E-state index in [0.717, 1.165) is 0 Å². The second-order valence-corrected chi connectivity index (χ2v) is 20.2. The van der Waals surface area contributed by atoms with Crippen LogP contribution in [-0.4, -0.2) is 0 Å². The van der Waals surface area contributed by atoms with E-state index in [1.165, 1.54) is 65.2 Å².